The monoisotopic (exact) mass is 229 g/mol. The standard InChI is InChI=1S/C11H23N3O2/c1-13(2)11(15)6-10(7-12)14(3)9-4-5-16-8-9/h9-10H,4-8,12H2,1-3H3. The Morgan fingerprint density at radius 2 is 2.19 bits per heavy atom. The van der Waals surface area contributed by atoms with E-state index in [1.54, 1.807) is 19.0 Å². The Bertz CT molecular complexity index is 227. The maximum Gasteiger partial charge on any atom is 0.223 e. The Labute approximate surface area is 97.5 Å². The van der Waals surface area contributed by atoms with Crippen molar-refractivity contribution >= 4 is 5.91 Å². The number of carbonyl (C=O) groups is 1. The molecule has 1 rings (SSSR count). The van der Waals surface area contributed by atoms with Gasteiger partial charge in [-0.15, -0.1) is 0 Å². The maximum atomic E-state index is 11.6. The minimum absolute atomic E-state index is 0.113. The van der Waals surface area contributed by atoms with Gasteiger partial charge >= 0.3 is 0 Å². The third-order valence-corrected chi connectivity index (χ3v) is 3.24. The summed E-state index contributed by atoms with van der Waals surface area (Å²) in [4.78, 5) is 15.4. The van der Waals surface area contributed by atoms with Crippen molar-refractivity contribution in [1.82, 2.24) is 9.80 Å². The largest absolute Gasteiger partial charge is 0.380 e. The molecule has 0 aromatic heterocycles. The molecular formula is C11H23N3O2. The van der Waals surface area contributed by atoms with E-state index >= 15 is 0 Å². The zero-order valence-electron chi connectivity index (χ0n) is 10.5. The number of likely N-dealkylation sites (N-methyl/N-ethyl adjacent to an activating group) is 1. The molecule has 0 bridgehead atoms. The summed E-state index contributed by atoms with van der Waals surface area (Å²) in [5, 5.41) is 0. The zero-order chi connectivity index (χ0) is 12.1. The summed E-state index contributed by atoms with van der Waals surface area (Å²) in [5.74, 6) is 0.126. The Kier molecular flexibility index (Phi) is 5.18. The molecule has 0 aromatic carbocycles. The fourth-order valence-corrected chi connectivity index (χ4v) is 1.92. The summed E-state index contributed by atoms with van der Waals surface area (Å²) in [6.07, 6.45) is 1.51. The highest BCUT2D eigenvalue weighted by molar-refractivity contribution is 5.76. The topological polar surface area (TPSA) is 58.8 Å². The first-order valence-electron chi connectivity index (χ1n) is 5.76. The van der Waals surface area contributed by atoms with Crippen molar-refractivity contribution in [3.63, 3.8) is 0 Å². The number of hydrogen-bond acceptors (Lipinski definition) is 4. The Balaban J connectivity index is 2.48. The molecule has 1 aliphatic rings. The fourth-order valence-electron chi connectivity index (χ4n) is 1.92. The van der Waals surface area contributed by atoms with Gasteiger partial charge in [0.1, 0.15) is 0 Å². The lowest BCUT2D eigenvalue weighted by molar-refractivity contribution is -0.130. The quantitative estimate of drug-likeness (QED) is 0.691. The second-order valence-corrected chi connectivity index (χ2v) is 4.56. The number of carbonyl (C=O) groups excluding carboxylic acids is 1. The molecular weight excluding hydrogens is 206 g/mol. The fraction of sp³-hybridized carbons (Fsp3) is 0.909. The molecule has 1 amide bonds. The number of amides is 1. The van der Waals surface area contributed by atoms with E-state index < -0.39 is 0 Å². The summed E-state index contributed by atoms with van der Waals surface area (Å²) >= 11 is 0. The van der Waals surface area contributed by atoms with E-state index in [0.29, 0.717) is 19.0 Å². The minimum Gasteiger partial charge on any atom is -0.380 e. The SMILES string of the molecule is CN(C)C(=O)CC(CN)N(C)C1CCOC1. The van der Waals surface area contributed by atoms with Gasteiger partial charge in [0.05, 0.1) is 6.61 Å². The van der Waals surface area contributed by atoms with Crippen LogP contribution in [0.3, 0.4) is 0 Å². The molecule has 0 aromatic rings. The molecule has 1 heterocycles. The number of nitrogens with two attached hydrogens (primary N) is 1. The molecule has 1 saturated heterocycles. The van der Waals surface area contributed by atoms with Crippen LogP contribution in [0.25, 0.3) is 0 Å². The Morgan fingerprint density at radius 3 is 2.62 bits per heavy atom. The number of hydrogen-bond donors (Lipinski definition) is 1. The number of rotatable bonds is 5. The van der Waals surface area contributed by atoms with Crippen LogP contribution in [-0.4, -0.2) is 68.7 Å². The van der Waals surface area contributed by atoms with Gasteiger partial charge in [-0.25, -0.2) is 0 Å². The molecule has 2 N–H and O–H groups in total. The van der Waals surface area contributed by atoms with E-state index in [1.165, 1.54) is 0 Å². The predicted molar refractivity (Wildman–Crippen MR) is 63.1 cm³/mol. The van der Waals surface area contributed by atoms with Crippen LogP contribution < -0.4 is 5.73 Å². The smallest absolute Gasteiger partial charge is 0.223 e. The molecule has 0 radical (unpaired) electrons. The predicted octanol–water partition coefficient (Wildman–Crippen LogP) is -0.487. The first-order valence-corrected chi connectivity index (χ1v) is 5.76. The molecule has 2 unspecified atom stereocenters. The third-order valence-electron chi connectivity index (χ3n) is 3.24. The molecule has 94 valence electrons. The van der Waals surface area contributed by atoms with Crippen LogP contribution >= 0.6 is 0 Å². The molecule has 5 heteroatoms. The van der Waals surface area contributed by atoms with Crippen molar-refractivity contribution in [3.8, 4) is 0 Å². The summed E-state index contributed by atoms with van der Waals surface area (Å²) in [6.45, 7) is 2.07. The van der Waals surface area contributed by atoms with Crippen LogP contribution in [0, 0.1) is 0 Å². The molecule has 0 aliphatic carbocycles. The van der Waals surface area contributed by atoms with E-state index in [2.05, 4.69) is 4.90 Å². The van der Waals surface area contributed by atoms with Gasteiger partial charge < -0.3 is 15.4 Å². The first-order chi connectivity index (χ1) is 7.56. The molecule has 1 aliphatic heterocycles. The van der Waals surface area contributed by atoms with Crippen LogP contribution in [0.2, 0.25) is 0 Å². The second kappa shape index (κ2) is 6.18. The van der Waals surface area contributed by atoms with E-state index in [9.17, 15) is 4.79 Å². The van der Waals surface area contributed by atoms with Gasteiger partial charge in [-0.05, 0) is 13.5 Å². The van der Waals surface area contributed by atoms with Crippen molar-refractivity contribution < 1.29 is 9.53 Å². The lowest BCUT2D eigenvalue weighted by Crippen LogP contribution is -2.46. The maximum absolute atomic E-state index is 11.6. The van der Waals surface area contributed by atoms with Crippen molar-refractivity contribution in [3.05, 3.63) is 0 Å². The van der Waals surface area contributed by atoms with Crippen molar-refractivity contribution in [1.29, 1.82) is 0 Å². The zero-order valence-corrected chi connectivity index (χ0v) is 10.5. The third kappa shape index (κ3) is 3.43. The van der Waals surface area contributed by atoms with Crippen LogP contribution in [0.4, 0.5) is 0 Å². The average Bonchev–Trinajstić information content (AvgIpc) is 2.77. The van der Waals surface area contributed by atoms with Crippen molar-refractivity contribution in [2.75, 3.05) is 40.9 Å². The molecule has 0 spiro atoms. The van der Waals surface area contributed by atoms with Gasteiger partial charge in [-0.2, -0.15) is 0 Å². The van der Waals surface area contributed by atoms with Gasteiger partial charge in [-0.3, -0.25) is 9.69 Å². The molecule has 0 saturated carbocycles. The Hall–Kier alpha value is -0.650. The lowest BCUT2D eigenvalue weighted by atomic mass is 10.1. The minimum atomic E-state index is 0.113. The lowest BCUT2D eigenvalue weighted by Gasteiger charge is -2.31. The first kappa shape index (κ1) is 13.4. The van der Waals surface area contributed by atoms with Gasteiger partial charge in [0.25, 0.3) is 0 Å². The van der Waals surface area contributed by atoms with E-state index in [0.717, 1.165) is 19.6 Å². The second-order valence-electron chi connectivity index (χ2n) is 4.56. The summed E-state index contributed by atoms with van der Waals surface area (Å²) in [7, 11) is 5.57. The average molecular weight is 229 g/mol. The number of ether oxygens (including phenoxy) is 1. The van der Waals surface area contributed by atoms with Gasteiger partial charge in [0.2, 0.25) is 5.91 Å². The normalized spacial score (nSPS) is 22.4. The van der Waals surface area contributed by atoms with Gasteiger partial charge in [0.15, 0.2) is 0 Å². The van der Waals surface area contributed by atoms with Crippen molar-refractivity contribution in [2.45, 2.75) is 24.9 Å². The molecule has 5 nitrogen and oxygen atoms in total. The summed E-state index contributed by atoms with van der Waals surface area (Å²) in [5.41, 5.74) is 5.74. The van der Waals surface area contributed by atoms with Crippen LogP contribution in [0.5, 0.6) is 0 Å². The van der Waals surface area contributed by atoms with E-state index in [1.807, 2.05) is 7.05 Å². The van der Waals surface area contributed by atoms with Gasteiger partial charge in [0, 0.05) is 45.8 Å². The summed E-state index contributed by atoms with van der Waals surface area (Å²) < 4.78 is 5.35. The van der Waals surface area contributed by atoms with Crippen LogP contribution in [-0.2, 0) is 9.53 Å². The summed E-state index contributed by atoms with van der Waals surface area (Å²) in [6, 6.07) is 0.519. The van der Waals surface area contributed by atoms with Crippen molar-refractivity contribution in [2.24, 2.45) is 5.73 Å². The molecule has 16 heavy (non-hydrogen) atoms. The van der Waals surface area contributed by atoms with Gasteiger partial charge in [-0.1, -0.05) is 0 Å². The highest BCUT2D eigenvalue weighted by Crippen LogP contribution is 2.15. The van der Waals surface area contributed by atoms with Crippen LogP contribution in [0.15, 0.2) is 0 Å². The number of nitrogens with zero attached hydrogens (tertiary/aromatic N) is 2. The molecule has 1 fully saturated rings. The van der Waals surface area contributed by atoms with E-state index in [4.69, 9.17) is 10.5 Å². The molecule has 2 atom stereocenters. The highest BCUT2D eigenvalue weighted by Gasteiger charge is 2.27. The van der Waals surface area contributed by atoms with Crippen LogP contribution in [0.1, 0.15) is 12.8 Å². The Morgan fingerprint density at radius 1 is 1.50 bits per heavy atom. The highest BCUT2D eigenvalue weighted by atomic mass is 16.5. The van der Waals surface area contributed by atoms with E-state index in [-0.39, 0.29) is 11.9 Å².